The summed E-state index contributed by atoms with van der Waals surface area (Å²) in [6.45, 7) is 7.35. The van der Waals surface area contributed by atoms with Crippen LogP contribution in [0.1, 0.15) is 50.4 Å². The molecule has 5 rings (SSSR count). The predicted molar refractivity (Wildman–Crippen MR) is 137 cm³/mol. The molecule has 1 N–H and O–H groups in total. The lowest BCUT2D eigenvalue weighted by molar-refractivity contribution is 1.00. The number of anilines is 1. The molecule has 1 nitrogen and oxygen atoms in total. The lowest BCUT2D eigenvalue weighted by Gasteiger charge is -2.22. The van der Waals surface area contributed by atoms with Gasteiger partial charge in [-0.05, 0) is 71.4 Å². The summed E-state index contributed by atoms with van der Waals surface area (Å²) in [4.78, 5) is 0. The van der Waals surface area contributed by atoms with Gasteiger partial charge in [0, 0.05) is 18.2 Å². The zero-order chi connectivity index (χ0) is 22.1. The molecular formula is C31H29N. The van der Waals surface area contributed by atoms with Gasteiger partial charge in [0.1, 0.15) is 0 Å². The minimum Gasteiger partial charge on any atom is -0.381 e. The quantitative estimate of drug-likeness (QED) is 0.349. The molecule has 0 bridgehead atoms. The van der Waals surface area contributed by atoms with Gasteiger partial charge in [-0.15, -0.1) is 0 Å². The average molecular weight is 416 g/mol. The van der Waals surface area contributed by atoms with Crippen LogP contribution in [0.15, 0.2) is 91.0 Å². The number of nitrogens with one attached hydrogen (secondary N) is 1. The standard InChI is InChI=1S/C31H29N/c1-21-17-22(2)31(23(3)18-21)32-20-26-14-8-10-16-28(26)30-27-15-9-7-13-25(27)19-29(30)24-11-5-4-6-12-24/h4-19,30,32H,20H2,1-3H3. The second kappa shape index (κ2) is 8.51. The van der Waals surface area contributed by atoms with E-state index in [9.17, 15) is 0 Å². The lowest BCUT2D eigenvalue weighted by Crippen LogP contribution is -2.09. The number of aryl methyl sites for hydroxylation is 3. The summed E-state index contributed by atoms with van der Waals surface area (Å²) in [5, 5.41) is 3.75. The van der Waals surface area contributed by atoms with Gasteiger partial charge in [-0.1, -0.05) is 96.6 Å². The number of hydrogen-bond donors (Lipinski definition) is 1. The van der Waals surface area contributed by atoms with Crippen LogP contribution < -0.4 is 5.32 Å². The fraction of sp³-hybridized carbons (Fsp3) is 0.161. The summed E-state index contributed by atoms with van der Waals surface area (Å²) in [6.07, 6.45) is 2.37. The molecule has 1 aliphatic rings. The van der Waals surface area contributed by atoms with Crippen LogP contribution in [0.25, 0.3) is 11.6 Å². The van der Waals surface area contributed by atoms with Gasteiger partial charge in [-0.25, -0.2) is 0 Å². The Kier molecular flexibility index (Phi) is 5.41. The smallest absolute Gasteiger partial charge is 0.0404 e. The molecule has 0 aromatic heterocycles. The highest BCUT2D eigenvalue weighted by Gasteiger charge is 2.29. The Morgan fingerprint density at radius 1 is 0.688 bits per heavy atom. The number of allylic oxidation sites excluding steroid dienone is 1. The summed E-state index contributed by atoms with van der Waals surface area (Å²) >= 11 is 0. The van der Waals surface area contributed by atoms with Gasteiger partial charge >= 0.3 is 0 Å². The van der Waals surface area contributed by atoms with Crippen LogP contribution in [-0.4, -0.2) is 0 Å². The molecule has 0 saturated heterocycles. The molecule has 0 amide bonds. The Balaban J connectivity index is 1.55. The highest BCUT2D eigenvalue weighted by atomic mass is 14.9. The molecule has 0 fully saturated rings. The van der Waals surface area contributed by atoms with Crippen molar-refractivity contribution in [2.24, 2.45) is 0 Å². The predicted octanol–water partition coefficient (Wildman–Crippen LogP) is 7.91. The van der Waals surface area contributed by atoms with Gasteiger partial charge in [0.25, 0.3) is 0 Å². The van der Waals surface area contributed by atoms with Crippen molar-refractivity contribution in [1.82, 2.24) is 0 Å². The van der Waals surface area contributed by atoms with E-state index in [0.717, 1.165) is 6.54 Å². The van der Waals surface area contributed by atoms with Crippen LogP contribution in [0.5, 0.6) is 0 Å². The van der Waals surface area contributed by atoms with Gasteiger partial charge < -0.3 is 5.32 Å². The van der Waals surface area contributed by atoms with Crippen molar-refractivity contribution < 1.29 is 0 Å². The number of fused-ring (bicyclic) bond motifs is 1. The Hall–Kier alpha value is -3.58. The molecule has 0 spiro atoms. The van der Waals surface area contributed by atoms with Crippen molar-refractivity contribution in [3.05, 3.63) is 136 Å². The summed E-state index contributed by atoms with van der Waals surface area (Å²) in [5.74, 6) is 0.242. The second-order valence-corrected chi connectivity index (χ2v) is 8.85. The minimum absolute atomic E-state index is 0.242. The van der Waals surface area contributed by atoms with E-state index in [4.69, 9.17) is 0 Å². The van der Waals surface area contributed by atoms with Gasteiger partial charge in [0.15, 0.2) is 0 Å². The first kappa shape index (κ1) is 20.3. The fourth-order valence-electron chi connectivity index (χ4n) is 5.16. The molecule has 1 unspecified atom stereocenters. The van der Waals surface area contributed by atoms with Gasteiger partial charge in [0.2, 0.25) is 0 Å². The van der Waals surface area contributed by atoms with Crippen molar-refractivity contribution in [2.45, 2.75) is 33.2 Å². The SMILES string of the molecule is Cc1cc(C)c(NCc2ccccc2C2C(c3ccccc3)=Cc3ccccc32)c(C)c1. The maximum atomic E-state index is 3.75. The largest absolute Gasteiger partial charge is 0.381 e. The third-order valence-corrected chi connectivity index (χ3v) is 6.53. The first-order valence-electron chi connectivity index (χ1n) is 11.4. The Bertz CT molecular complexity index is 1270. The van der Waals surface area contributed by atoms with Crippen molar-refractivity contribution in [2.75, 3.05) is 5.32 Å². The average Bonchev–Trinajstić information content (AvgIpc) is 3.19. The van der Waals surface area contributed by atoms with E-state index in [-0.39, 0.29) is 5.92 Å². The Labute approximate surface area is 191 Å². The van der Waals surface area contributed by atoms with Gasteiger partial charge in [-0.2, -0.15) is 0 Å². The van der Waals surface area contributed by atoms with Crippen LogP contribution >= 0.6 is 0 Å². The van der Waals surface area contributed by atoms with Crippen LogP contribution in [0.4, 0.5) is 5.69 Å². The molecule has 0 saturated carbocycles. The van der Waals surface area contributed by atoms with Crippen LogP contribution in [-0.2, 0) is 6.54 Å². The monoisotopic (exact) mass is 415 g/mol. The molecular weight excluding hydrogens is 386 g/mol. The normalized spacial score (nSPS) is 14.7. The highest BCUT2D eigenvalue weighted by Crippen LogP contribution is 2.46. The molecule has 1 heteroatoms. The third kappa shape index (κ3) is 3.76. The van der Waals surface area contributed by atoms with Crippen molar-refractivity contribution in [3.63, 3.8) is 0 Å². The van der Waals surface area contributed by atoms with E-state index >= 15 is 0 Å². The maximum Gasteiger partial charge on any atom is 0.0404 e. The highest BCUT2D eigenvalue weighted by molar-refractivity contribution is 5.93. The van der Waals surface area contributed by atoms with Crippen molar-refractivity contribution >= 4 is 17.3 Å². The second-order valence-electron chi connectivity index (χ2n) is 8.85. The van der Waals surface area contributed by atoms with Crippen LogP contribution in [0, 0.1) is 20.8 Å². The van der Waals surface area contributed by atoms with Crippen molar-refractivity contribution in [1.29, 1.82) is 0 Å². The van der Waals surface area contributed by atoms with Gasteiger partial charge in [-0.3, -0.25) is 0 Å². The molecule has 0 radical (unpaired) electrons. The topological polar surface area (TPSA) is 12.0 Å². The van der Waals surface area contributed by atoms with E-state index in [1.54, 1.807) is 0 Å². The summed E-state index contributed by atoms with van der Waals surface area (Å²) in [5.41, 5.74) is 13.3. The molecule has 4 aromatic rings. The molecule has 0 heterocycles. The zero-order valence-corrected chi connectivity index (χ0v) is 19.0. The fourth-order valence-corrected chi connectivity index (χ4v) is 5.16. The summed E-state index contributed by atoms with van der Waals surface area (Å²) in [6, 6.07) is 33.0. The molecule has 1 atom stereocenters. The molecule has 4 aromatic carbocycles. The molecule has 158 valence electrons. The summed E-state index contributed by atoms with van der Waals surface area (Å²) < 4.78 is 0. The molecule has 0 aliphatic heterocycles. The number of hydrogen-bond acceptors (Lipinski definition) is 1. The number of rotatable bonds is 5. The zero-order valence-electron chi connectivity index (χ0n) is 19.0. The van der Waals surface area contributed by atoms with Gasteiger partial charge in [0.05, 0.1) is 0 Å². The summed E-state index contributed by atoms with van der Waals surface area (Å²) in [7, 11) is 0. The van der Waals surface area contributed by atoms with E-state index in [2.05, 4.69) is 123 Å². The molecule has 32 heavy (non-hydrogen) atoms. The van der Waals surface area contributed by atoms with E-state index in [1.165, 1.54) is 55.8 Å². The lowest BCUT2D eigenvalue weighted by atomic mass is 9.83. The number of benzene rings is 4. The third-order valence-electron chi connectivity index (χ3n) is 6.53. The Morgan fingerprint density at radius 3 is 2.06 bits per heavy atom. The van der Waals surface area contributed by atoms with E-state index in [0.29, 0.717) is 0 Å². The first-order valence-corrected chi connectivity index (χ1v) is 11.4. The van der Waals surface area contributed by atoms with Crippen LogP contribution in [0.2, 0.25) is 0 Å². The Morgan fingerprint density at radius 2 is 1.31 bits per heavy atom. The minimum atomic E-state index is 0.242. The van der Waals surface area contributed by atoms with Crippen LogP contribution in [0.3, 0.4) is 0 Å². The molecule has 1 aliphatic carbocycles. The van der Waals surface area contributed by atoms with E-state index < -0.39 is 0 Å². The van der Waals surface area contributed by atoms with E-state index in [1.807, 2.05) is 0 Å². The van der Waals surface area contributed by atoms with Crippen molar-refractivity contribution in [3.8, 4) is 0 Å². The first-order chi connectivity index (χ1) is 15.6. The maximum absolute atomic E-state index is 3.75.